The Balaban J connectivity index is 3.78. The van der Waals surface area contributed by atoms with Gasteiger partial charge in [0.1, 0.15) is 0 Å². The van der Waals surface area contributed by atoms with Gasteiger partial charge in [-0.05, 0) is 49.9 Å². The summed E-state index contributed by atoms with van der Waals surface area (Å²) in [7, 11) is 0. The highest BCUT2D eigenvalue weighted by Crippen LogP contribution is 2.25. The zero-order chi connectivity index (χ0) is 10.9. The van der Waals surface area contributed by atoms with Crippen LogP contribution in [-0.4, -0.2) is 0 Å². The molecular weight excluding hydrogens is 172 g/mol. The van der Waals surface area contributed by atoms with Gasteiger partial charge in [-0.15, -0.1) is 0 Å². The topological polar surface area (TPSA) is 47.6 Å². The van der Waals surface area contributed by atoms with E-state index in [-0.39, 0.29) is 0 Å². The average molecular weight is 184 g/mol. The van der Waals surface area contributed by atoms with Gasteiger partial charge >= 0.3 is 0 Å². The third kappa shape index (κ3) is 1.26. The zero-order valence-corrected chi connectivity index (χ0v) is 8.89. The van der Waals surface area contributed by atoms with Gasteiger partial charge in [-0.25, -0.2) is 0 Å². The fourth-order valence-electron chi connectivity index (χ4n) is 1.68. The van der Waals surface area contributed by atoms with Gasteiger partial charge in [-0.2, -0.15) is 10.5 Å². The molecule has 0 aliphatic rings. The smallest absolute Gasteiger partial charge is 0.0997 e. The first-order valence-electron chi connectivity index (χ1n) is 4.45. The summed E-state index contributed by atoms with van der Waals surface area (Å²) >= 11 is 0. The first-order valence-corrected chi connectivity index (χ1v) is 4.45. The lowest BCUT2D eigenvalue weighted by atomic mass is 9.90. The molecule has 0 amide bonds. The monoisotopic (exact) mass is 184 g/mol. The van der Waals surface area contributed by atoms with E-state index in [0.29, 0.717) is 11.1 Å². The van der Waals surface area contributed by atoms with Crippen molar-refractivity contribution in [3.8, 4) is 12.1 Å². The van der Waals surface area contributed by atoms with Gasteiger partial charge in [0.2, 0.25) is 0 Å². The van der Waals surface area contributed by atoms with Crippen LogP contribution >= 0.6 is 0 Å². The molecule has 0 atom stereocenters. The van der Waals surface area contributed by atoms with Crippen LogP contribution in [0.2, 0.25) is 0 Å². The third-order valence-corrected chi connectivity index (χ3v) is 2.85. The Hall–Kier alpha value is -1.80. The minimum atomic E-state index is 0.643. The molecule has 1 aromatic carbocycles. The molecule has 0 heterocycles. The van der Waals surface area contributed by atoms with Gasteiger partial charge in [-0.1, -0.05) is 0 Å². The van der Waals surface area contributed by atoms with Gasteiger partial charge in [0.05, 0.1) is 23.3 Å². The molecule has 0 N–H and O–H groups in total. The summed E-state index contributed by atoms with van der Waals surface area (Å²) in [5.41, 5.74) is 5.11. The van der Waals surface area contributed by atoms with Crippen molar-refractivity contribution in [1.29, 1.82) is 10.5 Å². The van der Waals surface area contributed by atoms with E-state index < -0.39 is 0 Å². The summed E-state index contributed by atoms with van der Waals surface area (Å²) < 4.78 is 0. The number of hydrogen-bond acceptors (Lipinski definition) is 2. The number of nitriles is 2. The van der Waals surface area contributed by atoms with Crippen LogP contribution < -0.4 is 0 Å². The molecule has 0 saturated carbocycles. The largest absolute Gasteiger partial charge is 0.192 e. The van der Waals surface area contributed by atoms with Crippen LogP contribution in [0.1, 0.15) is 33.4 Å². The SMILES string of the molecule is Cc1c(C)c(C#N)c(C)c(C#N)c1C. The van der Waals surface area contributed by atoms with Crippen molar-refractivity contribution >= 4 is 0 Å². The minimum Gasteiger partial charge on any atom is -0.192 e. The van der Waals surface area contributed by atoms with Crippen molar-refractivity contribution in [2.75, 3.05) is 0 Å². The predicted octanol–water partition coefficient (Wildman–Crippen LogP) is 2.66. The Labute approximate surface area is 84.4 Å². The van der Waals surface area contributed by atoms with Gasteiger partial charge in [-0.3, -0.25) is 0 Å². The van der Waals surface area contributed by atoms with E-state index in [1.54, 1.807) is 0 Å². The molecule has 1 rings (SSSR count). The van der Waals surface area contributed by atoms with Crippen LogP contribution in [0, 0.1) is 50.4 Å². The molecule has 14 heavy (non-hydrogen) atoms. The van der Waals surface area contributed by atoms with E-state index in [1.165, 1.54) is 0 Å². The second kappa shape index (κ2) is 3.52. The van der Waals surface area contributed by atoms with E-state index in [4.69, 9.17) is 10.5 Å². The number of benzene rings is 1. The Bertz CT molecular complexity index is 430. The lowest BCUT2D eigenvalue weighted by molar-refractivity contribution is 1.19. The molecule has 0 bridgehead atoms. The van der Waals surface area contributed by atoms with Crippen molar-refractivity contribution in [2.45, 2.75) is 27.7 Å². The Morgan fingerprint density at radius 2 is 1.00 bits per heavy atom. The summed E-state index contributed by atoms with van der Waals surface area (Å²) in [5.74, 6) is 0. The lowest BCUT2D eigenvalue weighted by Gasteiger charge is -2.12. The van der Waals surface area contributed by atoms with Crippen molar-refractivity contribution in [3.63, 3.8) is 0 Å². The molecular formula is C12H12N2. The molecule has 1 aromatic rings. The molecule has 0 spiro atoms. The maximum Gasteiger partial charge on any atom is 0.0997 e. The Morgan fingerprint density at radius 3 is 1.29 bits per heavy atom. The summed E-state index contributed by atoms with van der Waals surface area (Å²) in [5, 5.41) is 18.0. The van der Waals surface area contributed by atoms with E-state index in [0.717, 1.165) is 22.3 Å². The average Bonchev–Trinajstić information content (AvgIpc) is 2.16. The van der Waals surface area contributed by atoms with Gasteiger partial charge in [0, 0.05) is 0 Å². The zero-order valence-electron chi connectivity index (χ0n) is 8.89. The second-order valence-corrected chi connectivity index (χ2v) is 3.47. The van der Waals surface area contributed by atoms with Crippen LogP contribution in [-0.2, 0) is 0 Å². The fourth-order valence-corrected chi connectivity index (χ4v) is 1.68. The van der Waals surface area contributed by atoms with Crippen molar-refractivity contribution in [2.24, 2.45) is 0 Å². The Morgan fingerprint density at radius 1 is 0.643 bits per heavy atom. The molecule has 0 aromatic heterocycles. The quantitative estimate of drug-likeness (QED) is 0.622. The highest BCUT2D eigenvalue weighted by atomic mass is 14.3. The Kier molecular flexibility index (Phi) is 2.58. The van der Waals surface area contributed by atoms with E-state index in [9.17, 15) is 0 Å². The molecule has 0 unspecified atom stereocenters. The minimum absolute atomic E-state index is 0.643. The van der Waals surface area contributed by atoms with Crippen LogP contribution in [0.3, 0.4) is 0 Å². The molecule has 2 nitrogen and oxygen atoms in total. The summed E-state index contributed by atoms with van der Waals surface area (Å²) in [6.07, 6.45) is 0. The lowest BCUT2D eigenvalue weighted by Crippen LogP contribution is -2.00. The number of nitrogens with zero attached hydrogens (tertiary/aromatic N) is 2. The highest BCUT2D eigenvalue weighted by Gasteiger charge is 2.13. The fraction of sp³-hybridized carbons (Fsp3) is 0.333. The van der Waals surface area contributed by atoms with Crippen LogP contribution in [0.25, 0.3) is 0 Å². The van der Waals surface area contributed by atoms with Gasteiger partial charge in [0.15, 0.2) is 0 Å². The van der Waals surface area contributed by atoms with E-state index in [2.05, 4.69) is 12.1 Å². The third-order valence-electron chi connectivity index (χ3n) is 2.85. The van der Waals surface area contributed by atoms with Gasteiger partial charge in [0.25, 0.3) is 0 Å². The highest BCUT2D eigenvalue weighted by molar-refractivity contribution is 5.58. The summed E-state index contributed by atoms with van der Waals surface area (Å²) in [6, 6.07) is 4.31. The molecule has 0 saturated heterocycles. The number of hydrogen-bond donors (Lipinski definition) is 0. The standard InChI is InChI=1S/C12H12N2/c1-7-8(2)11(5-13)10(4)12(6-14)9(7)3/h1-4H3. The predicted molar refractivity (Wildman–Crippen MR) is 54.8 cm³/mol. The van der Waals surface area contributed by atoms with Crippen molar-refractivity contribution < 1.29 is 0 Å². The maximum absolute atomic E-state index is 8.98. The number of rotatable bonds is 0. The normalized spacial score (nSPS) is 9.29. The summed E-state index contributed by atoms with van der Waals surface area (Å²) in [4.78, 5) is 0. The van der Waals surface area contributed by atoms with E-state index in [1.807, 2.05) is 27.7 Å². The summed E-state index contributed by atoms with van der Waals surface area (Å²) in [6.45, 7) is 7.63. The molecule has 0 aliphatic carbocycles. The van der Waals surface area contributed by atoms with Crippen LogP contribution in [0.5, 0.6) is 0 Å². The van der Waals surface area contributed by atoms with Crippen molar-refractivity contribution in [3.05, 3.63) is 33.4 Å². The van der Waals surface area contributed by atoms with Crippen molar-refractivity contribution in [1.82, 2.24) is 0 Å². The first kappa shape index (κ1) is 10.3. The molecule has 0 aliphatic heterocycles. The van der Waals surface area contributed by atoms with Crippen LogP contribution in [0.15, 0.2) is 0 Å². The maximum atomic E-state index is 8.98. The molecule has 2 heteroatoms. The first-order chi connectivity index (χ1) is 6.54. The van der Waals surface area contributed by atoms with Gasteiger partial charge < -0.3 is 0 Å². The second-order valence-electron chi connectivity index (χ2n) is 3.47. The van der Waals surface area contributed by atoms with Crippen LogP contribution in [0.4, 0.5) is 0 Å². The molecule has 0 radical (unpaired) electrons. The molecule has 0 fully saturated rings. The van der Waals surface area contributed by atoms with E-state index >= 15 is 0 Å². The molecule has 70 valence electrons.